The summed E-state index contributed by atoms with van der Waals surface area (Å²) in [7, 11) is 0. The van der Waals surface area contributed by atoms with Crippen LogP contribution < -0.4 is 10.6 Å². The molecule has 1 aliphatic heterocycles. The number of halogens is 3. The lowest BCUT2D eigenvalue weighted by molar-refractivity contribution is -0.228. The average Bonchev–Trinajstić information content (AvgIpc) is 3.58. The fourth-order valence-electron chi connectivity index (χ4n) is 8.20. The molecule has 4 aromatic rings. The molecular formula is C34H38F3N7OS. The van der Waals surface area contributed by atoms with Gasteiger partial charge in [-0.15, -0.1) is 11.3 Å². The van der Waals surface area contributed by atoms with Gasteiger partial charge in [0.05, 0.1) is 11.8 Å². The molecule has 4 fully saturated rings. The number of alkyl halides is 3. The second-order valence-corrected chi connectivity index (χ2v) is 14.8. The topological polar surface area (TPSA) is 98.9 Å². The Morgan fingerprint density at radius 3 is 2.61 bits per heavy atom. The molecule has 1 aromatic carbocycles. The lowest BCUT2D eigenvalue weighted by Gasteiger charge is -2.76. The zero-order valence-corrected chi connectivity index (χ0v) is 27.1. The molecule has 2 bridgehead atoms. The van der Waals surface area contributed by atoms with E-state index in [1.54, 1.807) is 6.07 Å². The van der Waals surface area contributed by atoms with Gasteiger partial charge in [0.2, 0.25) is 5.91 Å². The smallest absolute Gasteiger partial charge is 0.367 e. The van der Waals surface area contributed by atoms with Crippen molar-refractivity contribution in [2.45, 2.75) is 90.1 Å². The Labute approximate surface area is 270 Å². The number of nitriles is 1. The molecule has 4 aliphatic rings. The van der Waals surface area contributed by atoms with Crippen molar-refractivity contribution in [1.29, 1.82) is 5.26 Å². The van der Waals surface area contributed by atoms with E-state index in [2.05, 4.69) is 62.1 Å². The number of aromatic nitrogens is 3. The number of hydrogen-bond donors (Lipinski definition) is 2. The minimum atomic E-state index is -4.26. The number of thiophene rings is 1. The van der Waals surface area contributed by atoms with E-state index in [4.69, 9.17) is 0 Å². The number of nitrogens with one attached hydrogen (secondary N) is 2. The van der Waals surface area contributed by atoms with Crippen molar-refractivity contribution in [2.75, 3.05) is 18.4 Å². The maximum Gasteiger partial charge on any atom is 0.393 e. The number of fused-ring (bicyclic) bond motifs is 2. The highest BCUT2D eigenvalue weighted by Gasteiger charge is 2.74. The predicted octanol–water partition coefficient (Wildman–Crippen LogP) is 6.70. The maximum absolute atomic E-state index is 12.9. The molecule has 4 heterocycles. The van der Waals surface area contributed by atoms with Gasteiger partial charge in [0.1, 0.15) is 28.7 Å². The van der Waals surface area contributed by atoms with Crippen LogP contribution in [0.4, 0.5) is 19.0 Å². The van der Waals surface area contributed by atoms with Gasteiger partial charge < -0.3 is 15.2 Å². The molecule has 2 N–H and O–H groups in total. The van der Waals surface area contributed by atoms with Crippen LogP contribution in [0.25, 0.3) is 21.1 Å². The van der Waals surface area contributed by atoms with Gasteiger partial charge in [0.25, 0.3) is 0 Å². The van der Waals surface area contributed by atoms with Crippen LogP contribution in [0.15, 0.2) is 30.6 Å². The number of aryl methyl sites for hydroxylation is 1. The summed E-state index contributed by atoms with van der Waals surface area (Å²) in [6.45, 7) is 9.62. The number of carbonyl (C=O) groups is 1. The van der Waals surface area contributed by atoms with Crippen LogP contribution in [-0.2, 0) is 24.3 Å². The zero-order valence-electron chi connectivity index (χ0n) is 26.3. The van der Waals surface area contributed by atoms with Gasteiger partial charge >= 0.3 is 6.18 Å². The number of piperidine rings is 1. The number of likely N-dealkylation sites (tertiary alicyclic amines) is 1. The van der Waals surface area contributed by atoms with Gasteiger partial charge in [-0.3, -0.25) is 9.69 Å². The second kappa shape index (κ2) is 11.2. The zero-order chi connectivity index (χ0) is 32.4. The van der Waals surface area contributed by atoms with Crippen molar-refractivity contribution in [3.05, 3.63) is 52.3 Å². The fourth-order valence-corrected chi connectivity index (χ4v) is 9.22. The first-order valence-corrected chi connectivity index (χ1v) is 16.9. The molecule has 1 atom stereocenters. The van der Waals surface area contributed by atoms with E-state index in [0.717, 1.165) is 74.1 Å². The molecule has 12 heteroatoms. The number of carbonyl (C=O) groups excluding carboxylic acids is 1. The van der Waals surface area contributed by atoms with E-state index < -0.39 is 12.6 Å². The Morgan fingerprint density at radius 2 is 1.93 bits per heavy atom. The molecule has 3 aliphatic carbocycles. The molecule has 3 aromatic heterocycles. The summed E-state index contributed by atoms with van der Waals surface area (Å²) < 4.78 is 41.0. The minimum absolute atomic E-state index is 0.0694. The van der Waals surface area contributed by atoms with Crippen molar-refractivity contribution in [3.8, 4) is 6.07 Å². The van der Waals surface area contributed by atoms with Gasteiger partial charge in [-0.25, -0.2) is 9.97 Å². The van der Waals surface area contributed by atoms with E-state index in [1.165, 1.54) is 17.5 Å². The highest BCUT2D eigenvalue weighted by molar-refractivity contribution is 7.18. The lowest BCUT2D eigenvalue weighted by atomic mass is 9.33. The summed E-state index contributed by atoms with van der Waals surface area (Å²) in [5.74, 6) is 1.09. The van der Waals surface area contributed by atoms with Crippen LogP contribution in [0.2, 0.25) is 0 Å². The predicted molar refractivity (Wildman–Crippen MR) is 172 cm³/mol. The highest BCUT2D eigenvalue weighted by atomic mass is 32.1. The van der Waals surface area contributed by atoms with Crippen molar-refractivity contribution in [3.63, 3.8) is 0 Å². The largest absolute Gasteiger partial charge is 0.393 e. The van der Waals surface area contributed by atoms with E-state index >= 15 is 0 Å². The Bertz CT molecular complexity index is 1860. The summed E-state index contributed by atoms with van der Waals surface area (Å²) in [5, 5.41) is 18.5. The quantitative estimate of drug-likeness (QED) is 0.209. The Kier molecular flexibility index (Phi) is 7.55. The van der Waals surface area contributed by atoms with Gasteiger partial charge in [0.15, 0.2) is 0 Å². The van der Waals surface area contributed by atoms with Crippen LogP contribution in [-0.4, -0.2) is 56.2 Å². The maximum atomic E-state index is 12.9. The third-order valence-corrected chi connectivity index (χ3v) is 12.0. The van der Waals surface area contributed by atoms with Gasteiger partial charge in [-0.2, -0.15) is 18.4 Å². The first kappa shape index (κ1) is 30.9. The molecule has 0 radical (unpaired) electrons. The summed E-state index contributed by atoms with van der Waals surface area (Å²) in [5.41, 5.74) is 4.26. The fraction of sp³-hybridized carbons (Fsp3) is 0.529. The summed E-state index contributed by atoms with van der Waals surface area (Å²) >= 11 is 1.07. The average molecular weight is 650 g/mol. The number of nitrogens with zero attached hydrogens (tertiary/aromatic N) is 5. The van der Waals surface area contributed by atoms with Crippen LogP contribution in [0.5, 0.6) is 0 Å². The molecule has 8 nitrogen and oxygen atoms in total. The Balaban J connectivity index is 0.999. The number of amides is 1. The first-order chi connectivity index (χ1) is 21.9. The van der Waals surface area contributed by atoms with E-state index in [1.807, 2.05) is 13.0 Å². The normalized spacial score (nSPS) is 24.8. The van der Waals surface area contributed by atoms with Gasteiger partial charge in [-0.1, -0.05) is 19.9 Å². The number of rotatable bonds is 9. The van der Waals surface area contributed by atoms with E-state index in [9.17, 15) is 23.2 Å². The summed E-state index contributed by atoms with van der Waals surface area (Å²) in [6.07, 6.45) is 0.410. The number of benzene rings is 1. The highest BCUT2D eigenvalue weighted by Crippen LogP contribution is 2.72. The molecule has 1 amide bonds. The molecule has 0 unspecified atom stereocenters. The van der Waals surface area contributed by atoms with Crippen LogP contribution in [0.1, 0.15) is 67.6 Å². The van der Waals surface area contributed by atoms with Gasteiger partial charge in [0, 0.05) is 60.0 Å². The second-order valence-electron chi connectivity index (χ2n) is 13.6. The third kappa shape index (κ3) is 5.31. The molecule has 3 saturated carbocycles. The molecular weight excluding hydrogens is 611 g/mol. The molecule has 242 valence electrons. The van der Waals surface area contributed by atoms with Gasteiger partial charge in [-0.05, 0) is 73.3 Å². The monoisotopic (exact) mass is 649 g/mol. The Hall–Kier alpha value is -3.69. The minimum Gasteiger partial charge on any atom is -0.367 e. The Morgan fingerprint density at radius 1 is 1.17 bits per heavy atom. The summed E-state index contributed by atoms with van der Waals surface area (Å²) in [6, 6.07) is 10.5. The van der Waals surface area contributed by atoms with Crippen molar-refractivity contribution < 1.29 is 18.0 Å². The molecule has 46 heavy (non-hydrogen) atoms. The third-order valence-electron chi connectivity index (χ3n) is 10.9. The number of anilines is 1. The number of hydrogen-bond acceptors (Lipinski definition) is 7. The van der Waals surface area contributed by atoms with Crippen molar-refractivity contribution in [1.82, 2.24) is 24.8 Å². The van der Waals surface area contributed by atoms with Crippen molar-refractivity contribution >= 4 is 44.2 Å². The van der Waals surface area contributed by atoms with E-state index in [-0.39, 0.29) is 27.8 Å². The van der Waals surface area contributed by atoms with E-state index in [0.29, 0.717) is 34.1 Å². The van der Waals surface area contributed by atoms with Crippen LogP contribution in [0, 0.1) is 29.6 Å². The first-order valence-electron chi connectivity index (χ1n) is 16.0. The van der Waals surface area contributed by atoms with Crippen LogP contribution >= 0.6 is 11.3 Å². The van der Waals surface area contributed by atoms with Crippen molar-refractivity contribution in [2.24, 2.45) is 11.3 Å². The molecule has 1 saturated heterocycles. The standard InChI is InChI=1S/C34H38F3N7OS/c1-4-29(45)42-33-16-32(17-33,21(33)3)18-44-24(14-38)11-26-20(2)22(5-6-28(26)44)15-43-9-7-23(8-10-43)41-30-27-12-25(13-34(35,36)37)46-31(27)40-19-39-30/h5-6,11-12,19,21,23H,4,7-10,13,15-18H2,1-3H3,(H,42,45)(H,39,40,41)/t21-,32?,33?/m0/s1. The molecule has 0 spiro atoms. The summed E-state index contributed by atoms with van der Waals surface area (Å²) in [4.78, 5) is 23.9. The lowest BCUT2D eigenvalue weighted by Crippen LogP contribution is -2.81. The van der Waals surface area contributed by atoms with Crippen LogP contribution in [0.3, 0.4) is 0 Å². The SMILES string of the molecule is CCC(=O)NC12CC(Cn3c(C#N)cc4c(C)c(CN5CCC(Nc6ncnc7sc(CC(F)(F)F)cc67)CC5)ccc43)(C1)[C@@H]2C. The molecule has 8 rings (SSSR count).